The SMILES string of the molecule is O=C(O)CN(Cc1ccc(CC(=O)c2cc(Br)cc(B(O)O)c2)cc1)C(=O)c1cc(Br)cc(B(O)O)c1. The lowest BCUT2D eigenvalue weighted by Crippen LogP contribution is -2.37. The fourth-order valence-electron chi connectivity index (χ4n) is 3.62. The van der Waals surface area contributed by atoms with Gasteiger partial charge in [-0.1, -0.05) is 62.2 Å². The fourth-order valence-corrected chi connectivity index (χ4v) is 4.64. The van der Waals surface area contributed by atoms with E-state index in [9.17, 15) is 39.6 Å². The van der Waals surface area contributed by atoms with E-state index in [4.69, 9.17) is 0 Å². The first kappa shape index (κ1) is 28.8. The van der Waals surface area contributed by atoms with Crippen molar-refractivity contribution in [3.05, 3.63) is 91.9 Å². The molecule has 0 spiro atoms. The first-order valence-corrected chi connectivity index (χ1v) is 12.5. The fraction of sp³-hybridized carbons (Fsp3) is 0.125. The Bertz CT molecular complexity index is 1320. The molecule has 0 unspecified atom stereocenters. The average Bonchev–Trinajstić information content (AvgIpc) is 2.83. The minimum atomic E-state index is -1.80. The summed E-state index contributed by atoms with van der Waals surface area (Å²) >= 11 is 6.46. The molecule has 0 atom stereocenters. The number of carbonyl (C=O) groups excluding carboxylic acids is 2. The number of hydrogen-bond donors (Lipinski definition) is 5. The van der Waals surface area contributed by atoms with Crippen LogP contribution in [-0.2, 0) is 17.8 Å². The van der Waals surface area contributed by atoms with Gasteiger partial charge in [0.2, 0.25) is 0 Å². The first-order valence-electron chi connectivity index (χ1n) is 10.9. The predicted octanol–water partition coefficient (Wildman–Crippen LogP) is 0.724. The highest BCUT2D eigenvalue weighted by atomic mass is 79.9. The minimum Gasteiger partial charge on any atom is -0.480 e. The molecule has 37 heavy (non-hydrogen) atoms. The van der Waals surface area contributed by atoms with Crippen molar-refractivity contribution in [2.75, 3.05) is 6.54 Å². The lowest BCUT2D eigenvalue weighted by molar-refractivity contribution is -0.137. The maximum absolute atomic E-state index is 13.1. The van der Waals surface area contributed by atoms with Crippen molar-refractivity contribution < 1.29 is 39.6 Å². The maximum atomic E-state index is 13.1. The Morgan fingerprint density at radius 1 is 0.730 bits per heavy atom. The smallest absolute Gasteiger partial charge is 0.480 e. The van der Waals surface area contributed by atoms with Crippen LogP contribution in [-0.4, -0.2) is 68.5 Å². The number of carbonyl (C=O) groups is 3. The molecule has 5 N–H and O–H groups in total. The quantitative estimate of drug-likeness (QED) is 0.162. The molecule has 1 amide bonds. The largest absolute Gasteiger partial charge is 0.488 e. The van der Waals surface area contributed by atoms with Crippen LogP contribution in [0.3, 0.4) is 0 Å². The third-order valence-electron chi connectivity index (χ3n) is 5.38. The Hall–Kier alpha value is -2.80. The van der Waals surface area contributed by atoms with Crippen LogP contribution in [0, 0.1) is 0 Å². The second kappa shape index (κ2) is 12.6. The lowest BCUT2D eigenvalue weighted by Gasteiger charge is -2.21. The van der Waals surface area contributed by atoms with Crippen LogP contribution in [0.4, 0.5) is 0 Å². The van der Waals surface area contributed by atoms with E-state index >= 15 is 0 Å². The minimum absolute atomic E-state index is 0.0355. The molecule has 0 radical (unpaired) electrons. The number of hydrogen-bond acceptors (Lipinski definition) is 7. The van der Waals surface area contributed by atoms with Crippen LogP contribution in [0.25, 0.3) is 0 Å². The molecule has 3 aromatic carbocycles. The van der Waals surface area contributed by atoms with Crippen molar-refractivity contribution in [3.63, 3.8) is 0 Å². The summed E-state index contributed by atoms with van der Waals surface area (Å²) in [6.07, 6.45) is 0.0414. The highest BCUT2D eigenvalue weighted by molar-refractivity contribution is 9.10. The van der Waals surface area contributed by atoms with E-state index in [1.54, 1.807) is 30.3 Å². The molecule has 0 aliphatic rings. The second-order valence-electron chi connectivity index (χ2n) is 8.27. The molecule has 0 aliphatic heterocycles. The van der Waals surface area contributed by atoms with Crippen LogP contribution >= 0.6 is 31.9 Å². The third-order valence-corrected chi connectivity index (χ3v) is 6.30. The van der Waals surface area contributed by atoms with E-state index in [-0.39, 0.29) is 35.2 Å². The van der Waals surface area contributed by atoms with Crippen molar-refractivity contribution >= 4 is 74.7 Å². The van der Waals surface area contributed by atoms with Gasteiger partial charge in [-0.2, -0.15) is 0 Å². The van der Waals surface area contributed by atoms with Crippen molar-refractivity contribution in [2.24, 2.45) is 0 Å². The number of halogens is 2. The summed E-state index contributed by atoms with van der Waals surface area (Å²) in [4.78, 5) is 38.3. The molecule has 3 aromatic rings. The zero-order chi connectivity index (χ0) is 27.3. The summed E-state index contributed by atoms with van der Waals surface area (Å²) in [7, 11) is -3.51. The van der Waals surface area contributed by atoms with E-state index < -0.39 is 32.7 Å². The molecule has 0 bridgehead atoms. The molecule has 0 saturated carbocycles. The molecule has 0 fully saturated rings. The molecule has 0 heterocycles. The molecule has 190 valence electrons. The number of aliphatic carboxylic acids is 1. The number of carboxylic acids is 1. The molecule has 0 aliphatic carbocycles. The second-order valence-corrected chi connectivity index (χ2v) is 10.1. The molecule has 13 heteroatoms. The highest BCUT2D eigenvalue weighted by Gasteiger charge is 2.22. The van der Waals surface area contributed by atoms with Crippen molar-refractivity contribution in [3.8, 4) is 0 Å². The van der Waals surface area contributed by atoms with Gasteiger partial charge in [-0.05, 0) is 52.4 Å². The van der Waals surface area contributed by atoms with Gasteiger partial charge < -0.3 is 30.1 Å². The van der Waals surface area contributed by atoms with Crippen LogP contribution in [0.5, 0.6) is 0 Å². The number of rotatable bonds is 10. The Balaban J connectivity index is 1.76. The van der Waals surface area contributed by atoms with Gasteiger partial charge in [0, 0.05) is 33.0 Å². The van der Waals surface area contributed by atoms with Crippen molar-refractivity contribution in [2.45, 2.75) is 13.0 Å². The van der Waals surface area contributed by atoms with Crippen LogP contribution < -0.4 is 10.9 Å². The van der Waals surface area contributed by atoms with E-state index in [1.165, 1.54) is 30.3 Å². The Kier molecular flexibility index (Phi) is 9.82. The third kappa shape index (κ3) is 8.09. The maximum Gasteiger partial charge on any atom is 0.488 e. The number of ketones is 1. The van der Waals surface area contributed by atoms with Gasteiger partial charge in [-0.25, -0.2) is 0 Å². The molecule has 9 nitrogen and oxygen atoms in total. The molecular formula is C24H21B2Br2NO8. The molecule has 0 saturated heterocycles. The first-order chi connectivity index (χ1) is 17.4. The number of Topliss-reactive ketones (excluding diaryl/α,β-unsaturated/α-hetero) is 1. The van der Waals surface area contributed by atoms with E-state index in [0.717, 1.165) is 4.90 Å². The zero-order valence-corrected chi connectivity index (χ0v) is 22.4. The summed E-state index contributed by atoms with van der Waals surface area (Å²) in [5.41, 5.74) is 1.94. The summed E-state index contributed by atoms with van der Waals surface area (Å²) in [5.74, 6) is -2.06. The number of benzene rings is 3. The van der Waals surface area contributed by atoms with Gasteiger partial charge in [0.1, 0.15) is 6.54 Å². The molecule has 0 aromatic heterocycles. The molecular weight excluding hydrogens is 612 g/mol. The summed E-state index contributed by atoms with van der Waals surface area (Å²) in [5, 5.41) is 47.0. The van der Waals surface area contributed by atoms with Gasteiger partial charge in [0.15, 0.2) is 5.78 Å². The zero-order valence-electron chi connectivity index (χ0n) is 19.2. The van der Waals surface area contributed by atoms with E-state index in [1.807, 2.05) is 0 Å². The highest BCUT2D eigenvalue weighted by Crippen LogP contribution is 2.17. The number of carboxylic acid groups (broad SMARTS) is 1. The summed E-state index contributed by atoms with van der Waals surface area (Å²) in [6.45, 7) is -0.614. The Morgan fingerprint density at radius 2 is 1.22 bits per heavy atom. The van der Waals surface area contributed by atoms with Crippen LogP contribution in [0.15, 0.2) is 69.6 Å². The molecule has 3 rings (SSSR count). The van der Waals surface area contributed by atoms with Gasteiger partial charge in [-0.3, -0.25) is 14.4 Å². The summed E-state index contributed by atoms with van der Waals surface area (Å²) < 4.78 is 0.961. The van der Waals surface area contributed by atoms with E-state index in [0.29, 0.717) is 25.6 Å². The van der Waals surface area contributed by atoms with Gasteiger partial charge in [0.25, 0.3) is 5.91 Å². The van der Waals surface area contributed by atoms with Crippen molar-refractivity contribution in [1.82, 2.24) is 4.90 Å². The monoisotopic (exact) mass is 631 g/mol. The van der Waals surface area contributed by atoms with Gasteiger partial charge >= 0.3 is 20.2 Å². The van der Waals surface area contributed by atoms with E-state index in [2.05, 4.69) is 31.9 Å². The Labute approximate surface area is 229 Å². The van der Waals surface area contributed by atoms with Gasteiger partial charge in [-0.15, -0.1) is 0 Å². The average molecular weight is 633 g/mol. The van der Waals surface area contributed by atoms with Gasteiger partial charge in [0.05, 0.1) is 0 Å². The summed E-state index contributed by atoms with van der Waals surface area (Å²) in [6, 6.07) is 15.4. The van der Waals surface area contributed by atoms with Crippen LogP contribution in [0.2, 0.25) is 0 Å². The predicted molar refractivity (Wildman–Crippen MR) is 145 cm³/mol. The van der Waals surface area contributed by atoms with Crippen molar-refractivity contribution in [1.29, 1.82) is 0 Å². The number of amides is 1. The lowest BCUT2D eigenvalue weighted by atomic mass is 9.79. The standard InChI is InChI=1S/C24H21B2Br2NO8/c27-20-8-16(6-18(10-20)25(34)35)22(30)5-14-1-3-15(4-2-14)12-29(13-23(31)32)24(33)17-7-19(26(36)37)11-21(28)9-17/h1-4,6-11,34-37H,5,12-13H2,(H,31,32). The van der Waals surface area contributed by atoms with Crippen LogP contribution in [0.1, 0.15) is 31.8 Å². The normalized spacial score (nSPS) is 10.6. The topological polar surface area (TPSA) is 156 Å². The number of nitrogens with zero attached hydrogens (tertiary/aromatic N) is 1. The Morgan fingerprint density at radius 3 is 1.73 bits per heavy atom.